The number of anilines is 1. The van der Waals surface area contributed by atoms with Crippen molar-refractivity contribution in [2.24, 2.45) is 0 Å². The fourth-order valence-electron chi connectivity index (χ4n) is 1.78. The molecular formula is C12H17N5. The normalized spacial score (nSPS) is 10.7. The van der Waals surface area contributed by atoms with Crippen LogP contribution in [0.4, 0.5) is 5.82 Å². The quantitative estimate of drug-likeness (QED) is 0.872. The molecule has 0 saturated carbocycles. The molecule has 0 unspecified atom stereocenters. The molecule has 2 rings (SSSR count). The Morgan fingerprint density at radius 3 is 2.82 bits per heavy atom. The Hall–Kier alpha value is -1.91. The number of nitrogens with zero attached hydrogens (tertiary/aromatic N) is 4. The van der Waals surface area contributed by atoms with Gasteiger partial charge in [-0.05, 0) is 13.3 Å². The lowest BCUT2D eigenvalue weighted by atomic mass is 10.2. The largest absolute Gasteiger partial charge is 0.384 e. The number of hydrogen-bond donors (Lipinski definition) is 1. The lowest BCUT2D eigenvalue weighted by Gasteiger charge is -2.06. The molecule has 17 heavy (non-hydrogen) atoms. The summed E-state index contributed by atoms with van der Waals surface area (Å²) >= 11 is 0. The maximum absolute atomic E-state index is 5.81. The molecule has 0 aliphatic heterocycles. The van der Waals surface area contributed by atoms with Gasteiger partial charge < -0.3 is 10.3 Å². The number of aryl methyl sites for hydroxylation is 2. The molecule has 2 N–H and O–H groups in total. The van der Waals surface area contributed by atoms with Crippen molar-refractivity contribution in [3.8, 4) is 11.5 Å². The van der Waals surface area contributed by atoms with E-state index in [1.165, 1.54) is 0 Å². The van der Waals surface area contributed by atoms with Gasteiger partial charge in [-0.1, -0.05) is 13.3 Å². The predicted molar refractivity (Wildman–Crippen MR) is 67.3 cm³/mol. The van der Waals surface area contributed by atoms with Crippen LogP contribution in [0, 0.1) is 0 Å². The molecule has 0 aromatic carbocycles. The minimum Gasteiger partial charge on any atom is -0.384 e. The zero-order valence-electron chi connectivity index (χ0n) is 10.2. The summed E-state index contributed by atoms with van der Waals surface area (Å²) in [6, 6.07) is 1.83. The van der Waals surface area contributed by atoms with Crippen LogP contribution >= 0.6 is 0 Å². The van der Waals surface area contributed by atoms with E-state index in [9.17, 15) is 0 Å². The van der Waals surface area contributed by atoms with Crippen LogP contribution in [0.3, 0.4) is 0 Å². The number of hydrogen-bond acceptors (Lipinski definition) is 4. The van der Waals surface area contributed by atoms with Crippen molar-refractivity contribution in [1.82, 2.24) is 19.5 Å². The Kier molecular flexibility index (Phi) is 3.37. The molecule has 0 fully saturated rings. The zero-order chi connectivity index (χ0) is 12.3. The highest BCUT2D eigenvalue weighted by Gasteiger charge is 2.09. The van der Waals surface area contributed by atoms with Gasteiger partial charge in [0.2, 0.25) is 0 Å². The number of imidazole rings is 1. The summed E-state index contributed by atoms with van der Waals surface area (Å²) in [7, 11) is 0. The average molecular weight is 231 g/mol. The first kappa shape index (κ1) is 11.6. The van der Waals surface area contributed by atoms with Crippen LogP contribution in [0.2, 0.25) is 0 Å². The van der Waals surface area contributed by atoms with Gasteiger partial charge in [0.05, 0.1) is 12.5 Å². The lowest BCUT2D eigenvalue weighted by Crippen LogP contribution is -2.03. The van der Waals surface area contributed by atoms with Gasteiger partial charge in [-0.15, -0.1) is 0 Å². The topological polar surface area (TPSA) is 69.6 Å². The van der Waals surface area contributed by atoms with Gasteiger partial charge >= 0.3 is 0 Å². The van der Waals surface area contributed by atoms with Crippen molar-refractivity contribution in [2.45, 2.75) is 33.2 Å². The number of nitrogen functional groups attached to an aromatic ring is 1. The second kappa shape index (κ2) is 4.95. The zero-order valence-corrected chi connectivity index (χ0v) is 10.2. The fourth-order valence-corrected chi connectivity index (χ4v) is 1.78. The van der Waals surface area contributed by atoms with Crippen molar-refractivity contribution in [3.05, 3.63) is 24.3 Å². The van der Waals surface area contributed by atoms with Crippen molar-refractivity contribution >= 4 is 5.82 Å². The van der Waals surface area contributed by atoms with Crippen molar-refractivity contribution in [3.63, 3.8) is 0 Å². The minimum absolute atomic E-state index is 0.516. The van der Waals surface area contributed by atoms with Crippen LogP contribution in [0.5, 0.6) is 0 Å². The molecule has 0 bridgehead atoms. The van der Waals surface area contributed by atoms with Gasteiger partial charge in [-0.25, -0.2) is 15.0 Å². The van der Waals surface area contributed by atoms with Gasteiger partial charge in [0.15, 0.2) is 5.82 Å². The van der Waals surface area contributed by atoms with Crippen LogP contribution in [-0.4, -0.2) is 19.5 Å². The summed E-state index contributed by atoms with van der Waals surface area (Å²) in [6.45, 7) is 5.02. The predicted octanol–water partition coefficient (Wildman–Crippen LogP) is 1.89. The molecule has 5 nitrogen and oxygen atoms in total. The van der Waals surface area contributed by atoms with Crippen LogP contribution in [0.25, 0.3) is 11.5 Å². The highest BCUT2D eigenvalue weighted by Crippen LogP contribution is 2.17. The van der Waals surface area contributed by atoms with E-state index in [1.54, 1.807) is 12.5 Å². The molecule has 0 saturated heterocycles. The van der Waals surface area contributed by atoms with E-state index in [4.69, 9.17) is 5.73 Å². The first-order valence-corrected chi connectivity index (χ1v) is 5.88. The van der Waals surface area contributed by atoms with E-state index in [-0.39, 0.29) is 0 Å². The van der Waals surface area contributed by atoms with E-state index in [1.807, 2.05) is 10.6 Å². The van der Waals surface area contributed by atoms with Crippen LogP contribution < -0.4 is 5.73 Å². The minimum atomic E-state index is 0.516. The molecule has 2 heterocycles. The third-order valence-electron chi connectivity index (χ3n) is 2.59. The second-order valence-electron chi connectivity index (χ2n) is 3.92. The van der Waals surface area contributed by atoms with E-state index in [0.29, 0.717) is 11.6 Å². The van der Waals surface area contributed by atoms with Gasteiger partial charge in [0, 0.05) is 18.3 Å². The summed E-state index contributed by atoms with van der Waals surface area (Å²) in [5.41, 5.74) is 7.71. The fraction of sp³-hybridized carbons (Fsp3) is 0.417. The van der Waals surface area contributed by atoms with Crippen LogP contribution in [-0.2, 0) is 13.0 Å². The Bertz CT molecular complexity index is 503. The summed E-state index contributed by atoms with van der Waals surface area (Å²) in [5.74, 6) is 1.18. The van der Waals surface area contributed by atoms with Gasteiger partial charge in [0.1, 0.15) is 11.5 Å². The molecule has 0 radical (unpaired) electrons. The maximum atomic E-state index is 5.81. The molecule has 0 spiro atoms. The van der Waals surface area contributed by atoms with Crippen molar-refractivity contribution in [2.75, 3.05) is 5.73 Å². The van der Waals surface area contributed by atoms with Gasteiger partial charge in [0.25, 0.3) is 0 Å². The Morgan fingerprint density at radius 2 is 2.12 bits per heavy atom. The smallest absolute Gasteiger partial charge is 0.180 e. The molecule has 0 amide bonds. The molecule has 90 valence electrons. The third kappa shape index (κ3) is 2.43. The van der Waals surface area contributed by atoms with E-state index >= 15 is 0 Å². The van der Waals surface area contributed by atoms with E-state index in [2.05, 4.69) is 28.8 Å². The number of nitrogens with two attached hydrogens (primary N) is 1. The van der Waals surface area contributed by atoms with E-state index < -0.39 is 0 Å². The second-order valence-corrected chi connectivity index (χ2v) is 3.92. The van der Waals surface area contributed by atoms with Crippen LogP contribution in [0.1, 0.15) is 26.0 Å². The number of aromatic nitrogens is 4. The molecule has 2 aromatic heterocycles. The summed E-state index contributed by atoms with van der Waals surface area (Å²) in [6.07, 6.45) is 5.51. The summed E-state index contributed by atoms with van der Waals surface area (Å²) < 4.78 is 2.00. The van der Waals surface area contributed by atoms with Crippen molar-refractivity contribution in [1.29, 1.82) is 0 Å². The first-order valence-electron chi connectivity index (χ1n) is 5.88. The highest BCUT2D eigenvalue weighted by molar-refractivity contribution is 5.51. The Labute approximate surface area is 101 Å². The Morgan fingerprint density at radius 1 is 1.29 bits per heavy atom. The SMILES string of the molecule is CCCc1cc(N)nc(-c2cncn2CC)n1. The standard InChI is InChI=1S/C12H17N5/c1-3-5-9-6-11(13)16-12(15-9)10-7-14-8-17(10)4-2/h6-8H,3-5H2,1-2H3,(H2,13,15,16). The molecule has 0 atom stereocenters. The first-order chi connectivity index (χ1) is 8.24. The molecule has 0 aliphatic rings. The maximum Gasteiger partial charge on any atom is 0.180 e. The third-order valence-corrected chi connectivity index (χ3v) is 2.59. The summed E-state index contributed by atoms with van der Waals surface area (Å²) in [4.78, 5) is 12.9. The van der Waals surface area contributed by atoms with Crippen molar-refractivity contribution < 1.29 is 0 Å². The average Bonchev–Trinajstić information content (AvgIpc) is 2.76. The Balaban J connectivity index is 2.44. The monoisotopic (exact) mass is 231 g/mol. The lowest BCUT2D eigenvalue weighted by molar-refractivity contribution is 0.761. The molecule has 0 aliphatic carbocycles. The van der Waals surface area contributed by atoms with Gasteiger partial charge in [-0.3, -0.25) is 0 Å². The highest BCUT2D eigenvalue weighted by atomic mass is 15.1. The summed E-state index contributed by atoms with van der Waals surface area (Å²) in [5, 5.41) is 0. The molecule has 5 heteroatoms. The van der Waals surface area contributed by atoms with E-state index in [0.717, 1.165) is 30.8 Å². The van der Waals surface area contributed by atoms with Crippen LogP contribution in [0.15, 0.2) is 18.6 Å². The molecule has 2 aromatic rings. The number of rotatable bonds is 4. The molecular weight excluding hydrogens is 214 g/mol. The van der Waals surface area contributed by atoms with Gasteiger partial charge in [-0.2, -0.15) is 0 Å².